The smallest absolute Gasteiger partial charge is 0.315 e. The molecule has 3 rings (SSSR count). The molecule has 0 saturated heterocycles. The Bertz CT molecular complexity index is 631. The fourth-order valence-corrected chi connectivity index (χ4v) is 2.95. The third-order valence-corrected chi connectivity index (χ3v) is 4.09. The molecule has 116 valence electrons. The molecule has 0 aliphatic heterocycles. The summed E-state index contributed by atoms with van der Waals surface area (Å²) in [5, 5.41) is 8.11. The van der Waals surface area contributed by atoms with Crippen molar-refractivity contribution >= 4 is 16.8 Å². The molecule has 0 spiro atoms. The van der Waals surface area contributed by atoms with Crippen molar-refractivity contribution in [2.45, 2.75) is 31.7 Å². The Morgan fingerprint density at radius 3 is 2.73 bits per heavy atom. The average Bonchev–Trinajstić information content (AvgIpc) is 3.04. The van der Waals surface area contributed by atoms with Crippen molar-refractivity contribution in [3.05, 3.63) is 42.5 Å². The first-order chi connectivity index (χ1) is 10.8. The van der Waals surface area contributed by atoms with Crippen LogP contribution in [0.3, 0.4) is 0 Å². The van der Waals surface area contributed by atoms with Crippen molar-refractivity contribution in [3.8, 4) is 5.75 Å². The zero-order valence-electron chi connectivity index (χ0n) is 12.7. The number of nitrogens with one attached hydrogen (secondary N) is 2. The first kappa shape index (κ1) is 14.7. The standard InChI is InChI=1S/C18H22N2O2/c21-18(20-15-8-2-3-9-15)19-12-13-22-17-11-5-7-14-6-1-4-10-16(14)17/h1,4-7,10-11,15H,2-3,8-9,12-13H2,(H2,19,20,21). The van der Waals surface area contributed by atoms with Gasteiger partial charge in [0.15, 0.2) is 0 Å². The van der Waals surface area contributed by atoms with Crippen molar-refractivity contribution in [1.82, 2.24) is 10.6 Å². The molecular weight excluding hydrogens is 276 g/mol. The quantitative estimate of drug-likeness (QED) is 0.831. The molecule has 1 aliphatic rings. The highest BCUT2D eigenvalue weighted by molar-refractivity contribution is 5.88. The third kappa shape index (κ3) is 3.70. The van der Waals surface area contributed by atoms with Crippen molar-refractivity contribution in [3.63, 3.8) is 0 Å². The van der Waals surface area contributed by atoms with Crippen LogP contribution in [0.25, 0.3) is 10.8 Å². The fourth-order valence-electron chi connectivity index (χ4n) is 2.95. The van der Waals surface area contributed by atoms with Gasteiger partial charge in [-0.3, -0.25) is 0 Å². The minimum atomic E-state index is -0.0894. The lowest BCUT2D eigenvalue weighted by Crippen LogP contribution is -2.42. The van der Waals surface area contributed by atoms with E-state index < -0.39 is 0 Å². The van der Waals surface area contributed by atoms with Gasteiger partial charge in [0.25, 0.3) is 0 Å². The third-order valence-electron chi connectivity index (χ3n) is 4.09. The molecule has 0 radical (unpaired) electrons. The summed E-state index contributed by atoms with van der Waals surface area (Å²) in [5.74, 6) is 0.858. The molecule has 4 nitrogen and oxygen atoms in total. The molecule has 22 heavy (non-hydrogen) atoms. The summed E-state index contributed by atoms with van der Waals surface area (Å²) in [5.41, 5.74) is 0. The number of hydrogen-bond donors (Lipinski definition) is 2. The van der Waals surface area contributed by atoms with Crippen LogP contribution in [-0.4, -0.2) is 25.2 Å². The zero-order valence-corrected chi connectivity index (χ0v) is 12.7. The Kier molecular flexibility index (Phi) is 4.78. The second-order valence-corrected chi connectivity index (χ2v) is 5.71. The topological polar surface area (TPSA) is 50.4 Å². The minimum absolute atomic E-state index is 0.0894. The van der Waals surface area contributed by atoms with E-state index >= 15 is 0 Å². The lowest BCUT2D eigenvalue weighted by molar-refractivity contribution is 0.233. The number of hydrogen-bond acceptors (Lipinski definition) is 2. The van der Waals surface area contributed by atoms with Crippen LogP contribution < -0.4 is 15.4 Å². The van der Waals surface area contributed by atoms with Gasteiger partial charge in [0, 0.05) is 11.4 Å². The van der Waals surface area contributed by atoms with Crippen LogP contribution in [0.15, 0.2) is 42.5 Å². The first-order valence-corrected chi connectivity index (χ1v) is 7.98. The molecule has 2 aromatic rings. The molecule has 0 unspecified atom stereocenters. The number of carbonyl (C=O) groups excluding carboxylic acids is 1. The number of carbonyl (C=O) groups is 1. The molecule has 0 atom stereocenters. The summed E-state index contributed by atoms with van der Waals surface area (Å²) in [4.78, 5) is 11.7. The SMILES string of the molecule is O=C(NCCOc1cccc2ccccc12)NC1CCCC1. The van der Waals surface area contributed by atoms with Crippen LogP contribution >= 0.6 is 0 Å². The Balaban J connectivity index is 1.45. The Hall–Kier alpha value is -2.23. The molecular formula is C18H22N2O2. The van der Waals surface area contributed by atoms with Crippen molar-refractivity contribution < 1.29 is 9.53 Å². The monoisotopic (exact) mass is 298 g/mol. The molecule has 0 bridgehead atoms. The Morgan fingerprint density at radius 2 is 1.86 bits per heavy atom. The van der Waals surface area contributed by atoms with Gasteiger partial charge < -0.3 is 15.4 Å². The maximum absolute atomic E-state index is 11.7. The molecule has 4 heteroatoms. The van der Waals surface area contributed by atoms with Gasteiger partial charge in [0.1, 0.15) is 12.4 Å². The summed E-state index contributed by atoms with van der Waals surface area (Å²) >= 11 is 0. The molecule has 1 fully saturated rings. The highest BCUT2D eigenvalue weighted by Crippen LogP contribution is 2.24. The second kappa shape index (κ2) is 7.16. The van der Waals surface area contributed by atoms with Gasteiger partial charge in [-0.25, -0.2) is 4.79 Å². The van der Waals surface area contributed by atoms with Gasteiger partial charge in [-0.1, -0.05) is 49.2 Å². The fraction of sp³-hybridized carbons (Fsp3) is 0.389. The van der Waals surface area contributed by atoms with Crippen molar-refractivity contribution in [1.29, 1.82) is 0 Å². The van der Waals surface area contributed by atoms with E-state index in [0.717, 1.165) is 29.4 Å². The molecule has 2 N–H and O–H groups in total. The van der Waals surface area contributed by atoms with E-state index in [1.807, 2.05) is 30.3 Å². The largest absolute Gasteiger partial charge is 0.491 e. The van der Waals surface area contributed by atoms with E-state index in [1.54, 1.807) is 0 Å². The van der Waals surface area contributed by atoms with Crippen LogP contribution in [0.1, 0.15) is 25.7 Å². The van der Waals surface area contributed by atoms with E-state index in [-0.39, 0.29) is 6.03 Å². The van der Waals surface area contributed by atoms with Crippen LogP contribution in [0, 0.1) is 0 Å². The zero-order chi connectivity index (χ0) is 15.2. The van der Waals surface area contributed by atoms with E-state index in [0.29, 0.717) is 19.2 Å². The van der Waals surface area contributed by atoms with Gasteiger partial charge in [-0.15, -0.1) is 0 Å². The van der Waals surface area contributed by atoms with Crippen LogP contribution in [-0.2, 0) is 0 Å². The minimum Gasteiger partial charge on any atom is -0.491 e. The number of fused-ring (bicyclic) bond motifs is 1. The lowest BCUT2D eigenvalue weighted by atomic mass is 10.1. The molecule has 1 saturated carbocycles. The second-order valence-electron chi connectivity index (χ2n) is 5.71. The van der Waals surface area contributed by atoms with Crippen molar-refractivity contribution in [2.75, 3.05) is 13.2 Å². The van der Waals surface area contributed by atoms with Gasteiger partial charge in [-0.2, -0.15) is 0 Å². The lowest BCUT2D eigenvalue weighted by Gasteiger charge is -2.13. The van der Waals surface area contributed by atoms with E-state index in [2.05, 4.69) is 22.8 Å². The summed E-state index contributed by atoms with van der Waals surface area (Å²) in [6.45, 7) is 0.966. The maximum atomic E-state index is 11.7. The summed E-state index contributed by atoms with van der Waals surface area (Å²) in [6, 6.07) is 14.4. The molecule has 2 amide bonds. The normalized spacial score (nSPS) is 14.9. The highest BCUT2D eigenvalue weighted by atomic mass is 16.5. The van der Waals surface area contributed by atoms with Crippen LogP contribution in [0.4, 0.5) is 4.79 Å². The molecule has 0 aromatic heterocycles. The molecule has 1 aliphatic carbocycles. The summed E-state index contributed by atoms with van der Waals surface area (Å²) < 4.78 is 5.80. The van der Waals surface area contributed by atoms with E-state index in [1.165, 1.54) is 12.8 Å². The van der Waals surface area contributed by atoms with E-state index in [4.69, 9.17) is 4.74 Å². The predicted octanol–water partition coefficient (Wildman–Crippen LogP) is 3.46. The van der Waals surface area contributed by atoms with Gasteiger partial charge in [0.05, 0.1) is 6.54 Å². The average molecular weight is 298 g/mol. The van der Waals surface area contributed by atoms with Gasteiger partial charge in [-0.05, 0) is 24.3 Å². The van der Waals surface area contributed by atoms with Crippen molar-refractivity contribution in [2.24, 2.45) is 0 Å². The number of urea groups is 1. The highest BCUT2D eigenvalue weighted by Gasteiger charge is 2.16. The van der Waals surface area contributed by atoms with Gasteiger partial charge >= 0.3 is 6.03 Å². The molecule has 2 aromatic carbocycles. The number of rotatable bonds is 5. The van der Waals surface area contributed by atoms with E-state index in [9.17, 15) is 4.79 Å². The summed E-state index contributed by atoms with van der Waals surface area (Å²) in [7, 11) is 0. The van der Waals surface area contributed by atoms with Gasteiger partial charge in [0.2, 0.25) is 0 Å². The number of amides is 2. The summed E-state index contributed by atoms with van der Waals surface area (Å²) in [6.07, 6.45) is 4.63. The number of benzene rings is 2. The Morgan fingerprint density at radius 1 is 1.09 bits per heavy atom. The van der Waals surface area contributed by atoms with Crippen LogP contribution in [0.5, 0.6) is 5.75 Å². The Labute approximate surface area is 130 Å². The predicted molar refractivity (Wildman–Crippen MR) is 88.2 cm³/mol. The molecule has 0 heterocycles. The maximum Gasteiger partial charge on any atom is 0.315 e. The van der Waals surface area contributed by atoms with Crippen LogP contribution in [0.2, 0.25) is 0 Å². The first-order valence-electron chi connectivity index (χ1n) is 7.98. The number of ether oxygens (including phenoxy) is 1.